The molecular formula is C13H17N3S2. The van der Waals surface area contributed by atoms with Gasteiger partial charge in [0.15, 0.2) is 5.16 Å². The predicted molar refractivity (Wildman–Crippen MR) is 78.0 cm³/mol. The van der Waals surface area contributed by atoms with Crippen LogP contribution in [0.15, 0.2) is 35.7 Å². The minimum Gasteiger partial charge on any atom is -0.326 e. The number of rotatable bonds is 5. The SMILES string of the molecule is CCC(N)C(Sc1ncccn1)c1ccc(C)s1. The minimum atomic E-state index is 0.122. The molecule has 2 aromatic heterocycles. The summed E-state index contributed by atoms with van der Waals surface area (Å²) in [6.07, 6.45) is 4.48. The summed E-state index contributed by atoms with van der Waals surface area (Å²) in [7, 11) is 0. The second-order valence-electron chi connectivity index (χ2n) is 4.09. The third-order valence-electron chi connectivity index (χ3n) is 2.68. The lowest BCUT2D eigenvalue weighted by Crippen LogP contribution is -2.25. The molecule has 0 radical (unpaired) electrons. The molecular weight excluding hydrogens is 262 g/mol. The van der Waals surface area contributed by atoms with E-state index in [1.54, 1.807) is 35.5 Å². The first-order chi connectivity index (χ1) is 8.70. The van der Waals surface area contributed by atoms with Crippen molar-refractivity contribution in [2.24, 2.45) is 5.73 Å². The lowest BCUT2D eigenvalue weighted by molar-refractivity contribution is 0.638. The van der Waals surface area contributed by atoms with Crippen molar-refractivity contribution in [3.8, 4) is 0 Å². The largest absolute Gasteiger partial charge is 0.326 e. The zero-order valence-corrected chi connectivity index (χ0v) is 12.2. The normalized spacial score (nSPS) is 14.4. The molecule has 2 rings (SSSR count). The van der Waals surface area contributed by atoms with E-state index in [2.05, 4.69) is 35.9 Å². The number of aryl methyl sites for hydroxylation is 1. The van der Waals surface area contributed by atoms with E-state index in [1.807, 2.05) is 6.07 Å². The van der Waals surface area contributed by atoms with E-state index < -0.39 is 0 Å². The van der Waals surface area contributed by atoms with Crippen LogP contribution in [0, 0.1) is 6.92 Å². The Morgan fingerprint density at radius 1 is 1.33 bits per heavy atom. The Balaban J connectivity index is 2.21. The van der Waals surface area contributed by atoms with Gasteiger partial charge in [-0.15, -0.1) is 11.3 Å². The van der Waals surface area contributed by atoms with Crippen LogP contribution in [0.5, 0.6) is 0 Å². The third-order valence-corrected chi connectivity index (χ3v) is 5.19. The Morgan fingerprint density at radius 2 is 2.06 bits per heavy atom. The van der Waals surface area contributed by atoms with Gasteiger partial charge in [-0.25, -0.2) is 9.97 Å². The Morgan fingerprint density at radius 3 is 2.61 bits per heavy atom. The lowest BCUT2D eigenvalue weighted by atomic mass is 10.1. The zero-order valence-electron chi connectivity index (χ0n) is 10.5. The summed E-state index contributed by atoms with van der Waals surface area (Å²) >= 11 is 3.45. The molecule has 0 saturated heterocycles. The number of thiophene rings is 1. The van der Waals surface area contributed by atoms with Gasteiger partial charge in [0.1, 0.15) is 0 Å². The summed E-state index contributed by atoms with van der Waals surface area (Å²) in [6, 6.07) is 6.25. The molecule has 2 aromatic rings. The highest BCUT2D eigenvalue weighted by Gasteiger charge is 2.22. The van der Waals surface area contributed by atoms with Crippen molar-refractivity contribution in [1.29, 1.82) is 0 Å². The van der Waals surface area contributed by atoms with E-state index in [9.17, 15) is 0 Å². The maximum atomic E-state index is 6.24. The summed E-state index contributed by atoms with van der Waals surface area (Å²) in [5.41, 5.74) is 6.24. The molecule has 5 heteroatoms. The van der Waals surface area contributed by atoms with Crippen LogP contribution in [-0.4, -0.2) is 16.0 Å². The zero-order chi connectivity index (χ0) is 13.0. The lowest BCUT2D eigenvalue weighted by Gasteiger charge is -2.20. The fourth-order valence-electron chi connectivity index (χ4n) is 1.64. The molecule has 0 aliphatic carbocycles. The average molecular weight is 279 g/mol. The topological polar surface area (TPSA) is 51.8 Å². The molecule has 2 heterocycles. The van der Waals surface area contributed by atoms with Gasteiger partial charge in [0.25, 0.3) is 0 Å². The van der Waals surface area contributed by atoms with Crippen molar-refractivity contribution in [3.63, 3.8) is 0 Å². The number of hydrogen-bond acceptors (Lipinski definition) is 5. The number of thioether (sulfide) groups is 1. The van der Waals surface area contributed by atoms with Gasteiger partial charge in [0, 0.05) is 28.2 Å². The van der Waals surface area contributed by atoms with Crippen molar-refractivity contribution in [3.05, 3.63) is 40.3 Å². The van der Waals surface area contributed by atoms with Crippen molar-refractivity contribution < 1.29 is 0 Å². The Kier molecular flexibility index (Phi) is 4.74. The van der Waals surface area contributed by atoms with E-state index in [1.165, 1.54) is 9.75 Å². The first-order valence-electron chi connectivity index (χ1n) is 5.96. The predicted octanol–water partition coefficient (Wildman–Crippen LogP) is 3.42. The van der Waals surface area contributed by atoms with E-state index in [-0.39, 0.29) is 11.3 Å². The molecule has 2 atom stereocenters. The molecule has 0 saturated carbocycles. The summed E-state index contributed by atoms with van der Waals surface area (Å²) in [4.78, 5) is 11.2. The summed E-state index contributed by atoms with van der Waals surface area (Å²) in [6.45, 7) is 4.23. The number of nitrogens with two attached hydrogens (primary N) is 1. The fraction of sp³-hybridized carbons (Fsp3) is 0.385. The molecule has 0 bridgehead atoms. The summed E-state index contributed by atoms with van der Waals surface area (Å²) in [5, 5.41) is 1.02. The van der Waals surface area contributed by atoms with Gasteiger partial charge in [-0.3, -0.25) is 0 Å². The molecule has 18 heavy (non-hydrogen) atoms. The van der Waals surface area contributed by atoms with Crippen LogP contribution >= 0.6 is 23.1 Å². The molecule has 0 aromatic carbocycles. The molecule has 0 aliphatic heterocycles. The Labute approximate surface area is 116 Å². The van der Waals surface area contributed by atoms with Crippen LogP contribution in [0.2, 0.25) is 0 Å². The summed E-state index contributed by atoms with van der Waals surface area (Å²) < 4.78 is 0. The fourth-order valence-corrected chi connectivity index (χ4v) is 3.89. The number of hydrogen-bond donors (Lipinski definition) is 1. The van der Waals surface area contributed by atoms with E-state index in [0.29, 0.717) is 0 Å². The van der Waals surface area contributed by atoms with Crippen LogP contribution in [-0.2, 0) is 0 Å². The minimum absolute atomic E-state index is 0.122. The van der Waals surface area contributed by atoms with Gasteiger partial charge in [-0.05, 0) is 31.5 Å². The van der Waals surface area contributed by atoms with E-state index in [4.69, 9.17) is 5.73 Å². The first kappa shape index (κ1) is 13.5. The van der Waals surface area contributed by atoms with Crippen LogP contribution in [0.25, 0.3) is 0 Å². The van der Waals surface area contributed by atoms with Gasteiger partial charge in [0.05, 0.1) is 5.25 Å². The van der Waals surface area contributed by atoms with Gasteiger partial charge >= 0.3 is 0 Å². The van der Waals surface area contributed by atoms with Crippen molar-refractivity contribution in [2.75, 3.05) is 0 Å². The maximum Gasteiger partial charge on any atom is 0.188 e. The smallest absolute Gasteiger partial charge is 0.188 e. The van der Waals surface area contributed by atoms with Gasteiger partial charge in [-0.2, -0.15) is 0 Å². The highest BCUT2D eigenvalue weighted by molar-refractivity contribution is 7.99. The molecule has 2 unspecified atom stereocenters. The highest BCUT2D eigenvalue weighted by Crippen LogP contribution is 2.39. The van der Waals surface area contributed by atoms with E-state index in [0.717, 1.165) is 11.6 Å². The molecule has 0 fully saturated rings. The maximum absolute atomic E-state index is 6.24. The molecule has 3 nitrogen and oxygen atoms in total. The first-order valence-corrected chi connectivity index (χ1v) is 7.66. The quantitative estimate of drug-likeness (QED) is 0.673. The summed E-state index contributed by atoms with van der Waals surface area (Å²) in [5.74, 6) is 0. The van der Waals surface area contributed by atoms with Crippen LogP contribution in [0.3, 0.4) is 0 Å². The van der Waals surface area contributed by atoms with Crippen molar-refractivity contribution in [1.82, 2.24) is 9.97 Å². The molecule has 2 N–H and O–H groups in total. The second kappa shape index (κ2) is 6.31. The Hall–Kier alpha value is -0.910. The highest BCUT2D eigenvalue weighted by atomic mass is 32.2. The standard InChI is InChI=1S/C13H17N3S2/c1-3-10(14)12(11-6-5-9(2)17-11)18-13-15-7-4-8-16-13/h4-8,10,12H,3,14H2,1-2H3. The number of aromatic nitrogens is 2. The van der Waals surface area contributed by atoms with Crippen LogP contribution in [0.1, 0.15) is 28.3 Å². The van der Waals surface area contributed by atoms with Crippen LogP contribution in [0.4, 0.5) is 0 Å². The van der Waals surface area contributed by atoms with Crippen molar-refractivity contribution >= 4 is 23.1 Å². The average Bonchev–Trinajstić information content (AvgIpc) is 2.83. The Bertz CT molecular complexity index is 484. The molecule has 96 valence electrons. The molecule has 0 amide bonds. The molecule has 0 spiro atoms. The van der Waals surface area contributed by atoms with Crippen molar-refractivity contribution in [2.45, 2.75) is 36.7 Å². The van der Waals surface area contributed by atoms with Crippen LogP contribution < -0.4 is 5.73 Å². The molecule has 0 aliphatic rings. The monoisotopic (exact) mass is 279 g/mol. The number of nitrogens with zero attached hydrogens (tertiary/aromatic N) is 2. The third kappa shape index (κ3) is 3.31. The van der Waals surface area contributed by atoms with Gasteiger partial charge in [-0.1, -0.05) is 18.7 Å². The van der Waals surface area contributed by atoms with E-state index >= 15 is 0 Å². The van der Waals surface area contributed by atoms with Gasteiger partial charge < -0.3 is 5.73 Å². The second-order valence-corrected chi connectivity index (χ2v) is 6.52. The van der Waals surface area contributed by atoms with Gasteiger partial charge in [0.2, 0.25) is 0 Å².